The summed E-state index contributed by atoms with van der Waals surface area (Å²) in [5.74, 6) is 0.0659. The van der Waals surface area contributed by atoms with E-state index in [1.807, 2.05) is 6.92 Å². The van der Waals surface area contributed by atoms with Crippen LogP contribution in [0.5, 0.6) is 11.5 Å². The third-order valence-corrected chi connectivity index (χ3v) is 3.99. The largest absolute Gasteiger partial charge is 0.503 e. The summed E-state index contributed by atoms with van der Waals surface area (Å²) in [6.07, 6.45) is 1.56. The number of aromatic hydroxyl groups is 1. The first-order valence-electron chi connectivity index (χ1n) is 6.66. The number of phenols is 1. The van der Waals surface area contributed by atoms with Gasteiger partial charge in [-0.1, -0.05) is 0 Å². The van der Waals surface area contributed by atoms with Gasteiger partial charge >= 0.3 is 0 Å². The van der Waals surface area contributed by atoms with Crippen LogP contribution >= 0.6 is 27.3 Å². The Kier molecular flexibility index (Phi) is 5.94. The Morgan fingerprint density at radius 1 is 1.61 bits per heavy atom. The quantitative estimate of drug-likeness (QED) is 0.510. The molecule has 7 nitrogen and oxygen atoms in total. The second-order valence-electron chi connectivity index (χ2n) is 4.43. The van der Waals surface area contributed by atoms with Gasteiger partial charge in [0.2, 0.25) is 5.91 Å². The normalized spacial score (nSPS) is 10.9. The molecular weight excluding hydrogens is 384 g/mol. The number of hydrazone groups is 1. The van der Waals surface area contributed by atoms with Crippen molar-refractivity contribution in [2.75, 3.05) is 12.3 Å². The maximum Gasteiger partial charge on any atom is 0.246 e. The number of carbonyl (C=O) groups excluding carboxylic acids is 1. The van der Waals surface area contributed by atoms with Gasteiger partial charge in [-0.05, 0) is 40.5 Å². The third-order valence-electron chi connectivity index (χ3n) is 2.66. The van der Waals surface area contributed by atoms with Crippen molar-refractivity contribution in [1.82, 2.24) is 10.4 Å². The van der Waals surface area contributed by atoms with Crippen LogP contribution < -0.4 is 15.9 Å². The van der Waals surface area contributed by atoms with Crippen molar-refractivity contribution in [3.05, 3.63) is 33.2 Å². The predicted molar refractivity (Wildman–Crippen MR) is 92.9 cm³/mol. The number of halogens is 1. The molecule has 1 amide bonds. The molecule has 1 aromatic heterocycles. The van der Waals surface area contributed by atoms with Crippen molar-refractivity contribution in [1.29, 1.82) is 0 Å². The van der Waals surface area contributed by atoms with Crippen LogP contribution in [0.1, 0.15) is 18.2 Å². The van der Waals surface area contributed by atoms with Crippen LogP contribution in [-0.4, -0.2) is 28.8 Å². The lowest BCUT2D eigenvalue weighted by Gasteiger charge is -2.08. The minimum atomic E-state index is -0.297. The lowest BCUT2D eigenvalue weighted by atomic mass is 10.2. The minimum Gasteiger partial charge on any atom is -0.503 e. The number of nitrogen functional groups attached to an aromatic ring is 1. The molecule has 2 rings (SSSR count). The Bertz CT molecular complexity index is 733. The van der Waals surface area contributed by atoms with E-state index in [-0.39, 0.29) is 18.1 Å². The number of anilines is 1. The van der Waals surface area contributed by atoms with Crippen LogP contribution in [0, 0.1) is 0 Å². The second kappa shape index (κ2) is 7.93. The van der Waals surface area contributed by atoms with Gasteiger partial charge in [-0.2, -0.15) is 5.10 Å². The first-order chi connectivity index (χ1) is 11.0. The van der Waals surface area contributed by atoms with E-state index >= 15 is 0 Å². The predicted octanol–water partition coefficient (Wildman–Crippen LogP) is 2.28. The molecule has 0 radical (unpaired) electrons. The molecule has 0 aliphatic rings. The van der Waals surface area contributed by atoms with E-state index in [0.29, 0.717) is 33.2 Å². The lowest BCUT2D eigenvalue weighted by molar-refractivity contribution is -0.120. The Morgan fingerprint density at radius 2 is 2.39 bits per heavy atom. The van der Waals surface area contributed by atoms with Crippen molar-refractivity contribution in [2.45, 2.75) is 13.3 Å². The van der Waals surface area contributed by atoms with E-state index in [4.69, 9.17) is 10.5 Å². The maximum absolute atomic E-state index is 11.7. The minimum absolute atomic E-state index is 0.0224. The molecule has 0 saturated carbocycles. The van der Waals surface area contributed by atoms with Crippen LogP contribution in [0.3, 0.4) is 0 Å². The second-order valence-corrected chi connectivity index (χ2v) is 6.17. The molecule has 1 heterocycles. The molecule has 4 N–H and O–H groups in total. The van der Waals surface area contributed by atoms with Crippen LogP contribution in [0.25, 0.3) is 0 Å². The first kappa shape index (κ1) is 17.2. The summed E-state index contributed by atoms with van der Waals surface area (Å²) >= 11 is 4.52. The van der Waals surface area contributed by atoms with Crippen molar-refractivity contribution in [3.8, 4) is 11.5 Å². The van der Waals surface area contributed by atoms with Crippen LogP contribution in [0.2, 0.25) is 0 Å². The van der Waals surface area contributed by atoms with Gasteiger partial charge in [0.25, 0.3) is 0 Å². The molecule has 0 unspecified atom stereocenters. The number of carbonyl (C=O) groups is 1. The number of benzene rings is 1. The third kappa shape index (κ3) is 4.93. The molecule has 0 aliphatic carbocycles. The number of hydrogen-bond acceptors (Lipinski definition) is 7. The molecule has 2 aromatic rings. The van der Waals surface area contributed by atoms with Gasteiger partial charge < -0.3 is 15.6 Å². The van der Waals surface area contributed by atoms with Crippen molar-refractivity contribution in [2.24, 2.45) is 5.10 Å². The smallest absolute Gasteiger partial charge is 0.246 e. The van der Waals surface area contributed by atoms with Crippen LogP contribution in [-0.2, 0) is 11.2 Å². The molecule has 122 valence electrons. The maximum atomic E-state index is 11.7. The number of ether oxygens (including phenoxy) is 1. The van der Waals surface area contributed by atoms with Gasteiger partial charge in [-0.15, -0.1) is 11.3 Å². The topological polar surface area (TPSA) is 110 Å². The number of phenolic OH excluding ortho intramolecular Hbond substituents is 1. The van der Waals surface area contributed by atoms with Crippen molar-refractivity contribution < 1.29 is 14.6 Å². The van der Waals surface area contributed by atoms with E-state index in [2.05, 4.69) is 31.4 Å². The zero-order chi connectivity index (χ0) is 16.8. The van der Waals surface area contributed by atoms with E-state index in [0.717, 1.165) is 0 Å². The molecule has 23 heavy (non-hydrogen) atoms. The summed E-state index contributed by atoms with van der Waals surface area (Å²) in [6.45, 7) is 2.24. The van der Waals surface area contributed by atoms with Gasteiger partial charge in [0, 0.05) is 5.38 Å². The van der Waals surface area contributed by atoms with Gasteiger partial charge in [0.1, 0.15) is 0 Å². The zero-order valence-electron chi connectivity index (χ0n) is 12.2. The van der Waals surface area contributed by atoms with E-state index < -0.39 is 0 Å². The highest BCUT2D eigenvalue weighted by Gasteiger charge is 2.09. The Morgan fingerprint density at radius 3 is 3.04 bits per heavy atom. The highest BCUT2D eigenvalue weighted by molar-refractivity contribution is 9.10. The molecule has 0 saturated heterocycles. The molecule has 1 aromatic carbocycles. The Hall–Kier alpha value is -2.13. The van der Waals surface area contributed by atoms with Gasteiger partial charge in [0.05, 0.1) is 29.4 Å². The number of rotatable bonds is 6. The van der Waals surface area contributed by atoms with Crippen LogP contribution in [0.4, 0.5) is 5.13 Å². The summed E-state index contributed by atoms with van der Waals surface area (Å²) in [5, 5.41) is 15.9. The molecule has 0 aliphatic heterocycles. The summed E-state index contributed by atoms with van der Waals surface area (Å²) in [7, 11) is 0. The van der Waals surface area contributed by atoms with E-state index in [9.17, 15) is 9.90 Å². The zero-order valence-corrected chi connectivity index (χ0v) is 14.6. The number of nitrogens with zero attached hydrogens (tertiary/aromatic N) is 2. The Labute approximate surface area is 145 Å². The number of aromatic nitrogens is 1. The van der Waals surface area contributed by atoms with E-state index in [1.54, 1.807) is 17.5 Å². The summed E-state index contributed by atoms with van der Waals surface area (Å²) < 4.78 is 5.80. The molecule has 0 fully saturated rings. The van der Waals surface area contributed by atoms with Gasteiger partial charge in [-0.25, -0.2) is 10.4 Å². The molecular formula is C14H15BrN4O3S. The summed E-state index contributed by atoms with van der Waals surface area (Å²) in [5.41, 5.74) is 9.18. The number of amides is 1. The first-order valence-corrected chi connectivity index (χ1v) is 8.34. The number of nitrogens with one attached hydrogen (secondary N) is 1. The van der Waals surface area contributed by atoms with Gasteiger partial charge in [-0.3, -0.25) is 4.79 Å². The summed E-state index contributed by atoms with van der Waals surface area (Å²) in [6, 6.07) is 3.29. The van der Waals surface area contributed by atoms with E-state index in [1.165, 1.54) is 17.6 Å². The lowest BCUT2D eigenvalue weighted by Crippen LogP contribution is -2.19. The number of nitrogens with two attached hydrogens (primary N) is 1. The number of thiazole rings is 1. The summed E-state index contributed by atoms with van der Waals surface area (Å²) in [4.78, 5) is 15.7. The molecule has 0 bridgehead atoms. The van der Waals surface area contributed by atoms with Crippen molar-refractivity contribution in [3.63, 3.8) is 0 Å². The highest BCUT2D eigenvalue weighted by Crippen LogP contribution is 2.34. The fourth-order valence-corrected chi connectivity index (χ4v) is 2.74. The van der Waals surface area contributed by atoms with Crippen LogP contribution in [0.15, 0.2) is 27.1 Å². The number of hydrogen-bond donors (Lipinski definition) is 3. The SMILES string of the molecule is CCOc1cc(/C=N/NC(=O)Cc2csc(N)n2)cc(Br)c1O. The van der Waals surface area contributed by atoms with Crippen molar-refractivity contribution >= 4 is 44.5 Å². The molecule has 9 heteroatoms. The molecule has 0 atom stereocenters. The average molecular weight is 399 g/mol. The average Bonchev–Trinajstić information content (AvgIpc) is 2.89. The highest BCUT2D eigenvalue weighted by atomic mass is 79.9. The molecule has 0 spiro atoms. The Balaban J connectivity index is 1.98. The fraction of sp³-hybridized carbons (Fsp3) is 0.214. The standard InChI is InChI=1S/C14H15BrN4O3S/c1-2-22-11-4-8(3-10(15)13(11)21)6-17-19-12(20)5-9-7-23-14(16)18-9/h3-4,6-7,21H,2,5H2,1H3,(H2,16,18)(H,19,20)/b17-6+. The van der Waals surface area contributed by atoms with Gasteiger partial charge in [0.15, 0.2) is 16.6 Å². The monoisotopic (exact) mass is 398 g/mol. The fourth-order valence-electron chi connectivity index (χ4n) is 1.72.